The predicted molar refractivity (Wildman–Crippen MR) is 55.8 cm³/mol. The SMILES string of the molecule is CCSc1ccc(C(N)=O)cc1N. The Morgan fingerprint density at radius 1 is 1.54 bits per heavy atom. The molecule has 13 heavy (non-hydrogen) atoms. The Kier molecular flexibility index (Phi) is 3.19. The lowest BCUT2D eigenvalue weighted by Gasteiger charge is -2.04. The molecule has 4 N–H and O–H groups in total. The van der Waals surface area contributed by atoms with Crippen molar-refractivity contribution < 1.29 is 4.79 Å². The molecule has 0 spiro atoms. The summed E-state index contributed by atoms with van der Waals surface area (Å²) in [6, 6.07) is 5.13. The second-order valence-corrected chi connectivity index (χ2v) is 3.86. The Bertz CT molecular complexity index is 325. The molecule has 1 aromatic rings. The van der Waals surface area contributed by atoms with E-state index in [1.54, 1.807) is 23.9 Å². The number of primary amides is 1. The van der Waals surface area contributed by atoms with E-state index >= 15 is 0 Å². The van der Waals surface area contributed by atoms with Gasteiger partial charge >= 0.3 is 0 Å². The van der Waals surface area contributed by atoms with Crippen LogP contribution < -0.4 is 11.5 Å². The van der Waals surface area contributed by atoms with E-state index in [0.29, 0.717) is 11.3 Å². The minimum atomic E-state index is -0.445. The summed E-state index contributed by atoms with van der Waals surface area (Å²) in [6.45, 7) is 2.05. The van der Waals surface area contributed by atoms with E-state index < -0.39 is 5.91 Å². The summed E-state index contributed by atoms with van der Waals surface area (Å²) < 4.78 is 0. The molecule has 0 aliphatic rings. The van der Waals surface area contributed by atoms with E-state index in [2.05, 4.69) is 0 Å². The van der Waals surface area contributed by atoms with Crippen molar-refractivity contribution in [3.8, 4) is 0 Å². The third kappa shape index (κ3) is 2.39. The molecule has 0 aliphatic carbocycles. The average molecular weight is 196 g/mol. The summed E-state index contributed by atoms with van der Waals surface area (Å²) in [5.41, 5.74) is 11.9. The highest BCUT2D eigenvalue weighted by Gasteiger charge is 2.03. The lowest BCUT2D eigenvalue weighted by atomic mass is 10.2. The molecule has 0 saturated carbocycles. The number of hydrogen-bond acceptors (Lipinski definition) is 3. The van der Waals surface area contributed by atoms with E-state index in [1.165, 1.54) is 0 Å². The van der Waals surface area contributed by atoms with Crippen LogP contribution in [-0.4, -0.2) is 11.7 Å². The van der Waals surface area contributed by atoms with Gasteiger partial charge in [0, 0.05) is 16.1 Å². The molecule has 0 bridgehead atoms. The smallest absolute Gasteiger partial charge is 0.248 e. The second-order valence-electron chi connectivity index (χ2n) is 2.55. The molecule has 0 unspecified atom stereocenters. The van der Waals surface area contributed by atoms with Gasteiger partial charge in [-0.25, -0.2) is 0 Å². The van der Waals surface area contributed by atoms with Gasteiger partial charge in [0.05, 0.1) is 0 Å². The van der Waals surface area contributed by atoms with Crippen LogP contribution in [0, 0.1) is 0 Å². The number of nitrogens with two attached hydrogens (primary N) is 2. The highest BCUT2D eigenvalue weighted by molar-refractivity contribution is 7.99. The number of amides is 1. The van der Waals surface area contributed by atoms with Crippen LogP contribution in [0.3, 0.4) is 0 Å². The topological polar surface area (TPSA) is 69.1 Å². The van der Waals surface area contributed by atoms with E-state index in [-0.39, 0.29) is 0 Å². The van der Waals surface area contributed by atoms with Gasteiger partial charge in [-0.15, -0.1) is 11.8 Å². The quantitative estimate of drug-likeness (QED) is 0.568. The molecule has 70 valence electrons. The Balaban J connectivity index is 2.98. The first kappa shape index (κ1) is 9.92. The van der Waals surface area contributed by atoms with Crippen LogP contribution in [-0.2, 0) is 0 Å². The highest BCUT2D eigenvalue weighted by Crippen LogP contribution is 2.25. The fraction of sp³-hybridized carbons (Fsp3) is 0.222. The third-order valence-electron chi connectivity index (χ3n) is 1.59. The largest absolute Gasteiger partial charge is 0.398 e. The number of rotatable bonds is 3. The summed E-state index contributed by atoms with van der Waals surface area (Å²) in [7, 11) is 0. The van der Waals surface area contributed by atoms with Crippen LogP contribution in [0.25, 0.3) is 0 Å². The molecule has 0 heterocycles. The zero-order valence-corrected chi connectivity index (χ0v) is 8.23. The van der Waals surface area contributed by atoms with Crippen molar-refractivity contribution >= 4 is 23.4 Å². The minimum Gasteiger partial charge on any atom is -0.398 e. The number of hydrogen-bond donors (Lipinski definition) is 2. The van der Waals surface area contributed by atoms with Crippen molar-refractivity contribution in [2.24, 2.45) is 5.73 Å². The van der Waals surface area contributed by atoms with Gasteiger partial charge in [0.1, 0.15) is 0 Å². The first-order valence-corrected chi connectivity index (χ1v) is 4.96. The summed E-state index contributed by atoms with van der Waals surface area (Å²) in [6.07, 6.45) is 0. The lowest BCUT2D eigenvalue weighted by molar-refractivity contribution is 0.100. The van der Waals surface area contributed by atoms with Crippen LogP contribution in [0.2, 0.25) is 0 Å². The lowest BCUT2D eigenvalue weighted by Crippen LogP contribution is -2.11. The zero-order valence-electron chi connectivity index (χ0n) is 7.41. The normalized spacial score (nSPS) is 9.92. The van der Waals surface area contributed by atoms with Crippen molar-refractivity contribution in [2.45, 2.75) is 11.8 Å². The van der Waals surface area contributed by atoms with Crippen molar-refractivity contribution in [1.29, 1.82) is 0 Å². The van der Waals surface area contributed by atoms with Crippen molar-refractivity contribution in [1.82, 2.24) is 0 Å². The number of benzene rings is 1. The van der Waals surface area contributed by atoms with Crippen molar-refractivity contribution in [3.63, 3.8) is 0 Å². The first-order valence-electron chi connectivity index (χ1n) is 3.97. The molecule has 0 aliphatic heterocycles. The zero-order chi connectivity index (χ0) is 9.84. The maximum atomic E-state index is 10.8. The highest BCUT2D eigenvalue weighted by atomic mass is 32.2. The van der Waals surface area contributed by atoms with E-state index in [9.17, 15) is 4.79 Å². The average Bonchev–Trinajstić information content (AvgIpc) is 2.08. The summed E-state index contributed by atoms with van der Waals surface area (Å²) >= 11 is 1.65. The van der Waals surface area contributed by atoms with E-state index in [4.69, 9.17) is 11.5 Å². The molecule has 1 rings (SSSR count). The Labute approximate surface area is 81.5 Å². The molecule has 0 fully saturated rings. The van der Waals surface area contributed by atoms with E-state index in [0.717, 1.165) is 10.6 Å². The Hall–Kier alpha value is -1.16. The molecule has 4 heteroatoms. The number of thioether (sulfide) groups is 1. The number of carbonyl (C=O) groups is 1. The first-order chi connectivity index (χ1) is 6.15. The van der Waals surface area contributed by atoms with Gasteiger partial charge in [-0.1, -0.05) is 6.92 Å². The molecule has 0 radical (unpaired) electrons. The maximum Gasteiger partial charge on any atom is 0.248 e. The van der Waals surface area contributed by atoms with Gasteiger partial charge in [0.2, 0.25) is 5.91 Å². The summed E-state index contributed by atoms with van der Waals surface area (Å²) in [5, 5.41) is 0. The number of anilines is 1. The van der Waals surface area contributed by atoms with Gasteiger partial charge in [-0.2, -0.15) is 0 Å². The van der Waals surface area contributed by atoms with Crippen molar-refractivity contribution in [3.05, 3.63) is 23.8 Å². The van der Waals surface area contributed by atoms with E-state index in [1.807, 2.05) is 13.0 Å². The fourth-order valence-corrected chi connectivity index (χ4v) is 1.69. The Morgan fingerprint density at radius 2 is 2.23 bits per heavy atom. The molecule has 0 aromatic heterocycles. The molecule has 0 saturated heterocycles. The van der Waals surface area contributed by atoms with Crippen LogP contribution in [0.1, 0.15) is 17.3 Å². The molecule has 0 atom stereocenters. The fourth-order valence-electron chi connectivity index (χ4n) is 0.989. The maximum absolute atomic E-state index is 10.8. The number of carbonyl (C=O) groups excluding carboxylic acids is 1. The Morgan fingerprint density at radius 3 is 2.69 bits per heavy atom. The van der Waals surface area contributed by atoms with Gasteiger partial charge in [-0.3, -0.25) is 4.79 Å². The molecular formula is C9H12N2OS. The minimum absolute atomic E-state index is 0.445. The van der Waals surface area contributed by atoms with Gasteiger partial charge < -0.3 is 11.5 Å². The van der Waals surface area contributed by atoms with Crippen LogP contribution in [0.4, 0.5) is 5.69 Å². The van der Waals surface area contributed by atoms with Crippen LogP contribution in [0.5, 0.6) is 0 Å². The second kappa shape index (κ2) is 4.18. The van der Waals surface area contributed by atoms with Crippen LogP contribution in [0.15, 0.2) is 23.1 Å². The van der Waals surface area contributed by atoms with Gasteiger partial charge in [-0.05, 0) is 24.0 Å². The molecule has 3 nitrogen and oxygen atoms in total. The van der Waals surface area contributed by atoms with Gasteiger partial charge in [0.25, 0.3) is 0 Å². The van der Waals surface area contributed by atoms with Crippen LogP contribution >= 0.6 is 11.8 Å². The summed E-state index contributed by atoms with van der Waals surface area (Å²) in [4.78, 5) is 11.8. The van der Waals surface area contributed by atoms with Gasteiger partial charge in [0.15, 0.2) is 0 Å². The third-order valence-corrected chi connectivity index (χ3v) is 2.57. The monoisotopic (exact) mass is 196 g/mol. The summed E-state index contributed by atoms with van der Waals surface area (Å²) in [5.74, 6) is 0.514. The molecular weight excluding hydrogens is 184 g/mol. The standard InChI is InChI=1S/C9H12N2OS/c1-2-13-8-4-3-6(9(11)12)5-7(8)10/h3-5H,2,10H2,1H3,(H2,11,12). The predicted octanol–water partition coefficient (Wildman–Crippen LogP) is 1.48. The molecule has 1 aromatic carbocycles. The number of nitrogen functional groups attached to an aromatic ring is 1. The van der Waals surface area contributed by atoms with Crippen molar-refractivity contribution in [2.75, 3.05) is 11.5 Å². The molecule has 1 amide bonds.